The third kappa shape index (κ3) is 4.21. The maximum absolute atomic E-state index is 5.36. The van der Waals surface area contributed by atoms with Gasteiger partial charge in [0.05, 0.1) is 12.8 Å². The second-order valence-corrected chi connectivity index (χ2v) is 3.94. The van der Waals surface area contributed by atoms with E-state index in [1.54, 1.807) is 6.26 Å². The molecule has 0 amide bonds. The van der Waals surface area contributed by atoms with E-state index in [1.807, 2.05) is 18.2 Å². The van der Waals surface area contributed by atoms with Gasteiger partial charge in [0.2, 0.25) is 0 Å². The van der Waals surface area contributed by atoms with Crippen molar-refractivity contribution in [1.29, 1.82) is 0 Å². The molecule has 0 radical (unpaired) electrons. The quantitative estimate of drug-likeness (QED) is 0.540. The maximum Gasteiger partial charge on any atom is 0.117 e. The van der Waals surface area contributed by atoms with Crippen molar-refractivity contribution in [2.24, 2.45) is 0 Å². The van der Waals surface area contributed by atoms with Gasteiger partial charge in [-0.05, 0) is 25.6 Å². The Hall–Kier alpha value is -1.06. The highest BCUT2D eigenvalue weighted by Crippen LogP contribution is 2.08. The van der Waals surface area contributed by atoms with Gasteiger partial charge in [-0.1, -0.05) is 13.0 Å². The lowest BCUT2D eigenvalue weighted by Gasteiger charge is -2.27. The van der Waals surface area contributed by atoms with Crippen molar-refractivity contribution in [3.8, 4) is 0 Å². The Balaban J connectivity index is 2.37. The topological polar surface area (TPSA) is 28.4 Å². The van der Waals surface area contributed by atoms with Crippen LogP contribution >= 0.6 is 0 Å². The molecule has 3 heteroatoms. The highest BCUT2D eigenvalue weighted by Gasteiger charge is 2.12. The standard InChI is InChI=1S/C13H22N2O/c1-4-8-14-10-12(3)15(5-2)11-13-7-6-9-16-13/h4,6-7,9,12,14H,1,5,8,10-11H2,2-3H3. The first kappa shape index (κ1) is 13.0. The average molecular weight is 222 g/mol. The summed E-state index contributed by atoms with van der Waals surface area (Å²) in [6.45, 7) is 11.8. The molecule has 0 fully saturated rings. The van der Waals surface area contributed by atoms with Gasteiger partial charge in [-0.2, -0.15) is 0 Å². The zero-order valence-corrected chi connectivity index (χ0v) is 10.3. The summed E-state index contributed by atoms with van der Waals surface area (Å²) in [5.41, 5.74) is 0. The lowest BCUT2D eigenvalue weighted by atomic mass is 10.2. The van der Waals surface area contributed by atoms with Gasteiger partial charge in [-0.25, -0.2) is 0 Å². The van der Waals surface area contributed by atoms with Gasteiger partial charge >= 0.3 is 0 Å². The molecule has 1 rings (SSSR count). The summed E-state index contributed by atoms with van der Waals surface area (Å²) in [6, 6.07) is 4.45. The molecule has 0 bridgehead atoms. The highest BCUT2D eigenvalue weighted by atomic mass is 16.3. The van der Waals surface area contributed by atoms with Crippen LogP contribution in [0.3, 0.4) is 0 Å². The zero-order chi connectivity index (χ0) is 11.8. The Morgan fingerprint density at radius 3 is 3.00 bits per heavy atom. The van der Waals surface area contributed by atoms with Crippen molar-refractivity contribution in [3.05, 3.63) is 36.8 Å². The van der Waals surface area contributed by atoms with Crippen LogP contribution in [0.5, 0.6) is 0 Å². The fourth-order valence-corrected chi connectivity index (χ4v) is 1.71. The van der Waals surface area contributed by atoms with Gasteiger partial charge in [0.15, 0.2) is 0 Å². The van der Waals surface area contributed by atoms with Gasteiger partial charge in [-0.15, -0.1) is 6.58 Å². The molecule has 0 saturated carbocycles. The van der Waals surface area contributed by atoms with Gasteiger partial charge in [0.25, 0.3) is 0 Å². The fourth-order valence-electron chi connectivity index (χ4n) is 1.71. The van der Waals surface area contributed by atoms with Crippen LogP contribution in [-0.4, -0.2) is 30.6 Å². The summed E-state index contributed by atoms with van der Waals surface area (Å²) >= 11 is 0. The van der Waals surface area contributed by atoms with Crippen LogP contribution < -0.4 is 5.32 Å². The van der Waals surface area contributed by atoms with Crippen LogP contribution in [0.4, 0.5) is 0 Å². The molecule has 3 nitrogen and oxygen atoms in total. The van der Waals surface area contributed by atoms with Crippen LogP contribution in [0.2, 0.25) is 0 Å². The molecule has 1 aromatic rings. The summed E-state index contributed by atoms with van der Waals surface area (Å²) < 4.78 is 5.36. The van der Waals surface area contributed by atoms with Crippen LogP contribution in [-0.2, 0) is 6.54 Å². The van der Waals surface area contributed by atoms with E-state index >= 15 is 0 Å². The SMILES string of the molecule is C=CCNCC(C)N(CC)Cc1ccco1. The normalized spacial score (nSPS) is 12.9. The van der Waals surface area contributed by atoms with E-state index in [9.17, 15) is 0 Å². The molecule has 0 aromatic carbocycles. The van der Waals surface area contributed by atoms with E-state index < -0.39 is 0 Å². The lowest BCUT2D eigenvalue weighted by molar-refractivity contribution is 0.192. The summed E-state index contributed by atoms with van der Waals surface area (Å²) in [5, 5.41) is 3.34. The Morgan fingerprint density at radius 2 is 2.44 bits per heavy atom. The number of rotatable bonds is 8. The first-order valence-corrected chi connectivity index (χ1v) is 5.86. The van der Waals surface area contributed by atoms with E-state index in [2.05, 4.69) is 30.6 Å². The first-order valence-electron chi connectivity index (χ1n) is 5.86. The highest BCUT2D eigenvalue weighted by molar-refractivity contribution is 4.98. The van der Waals surface area contributed by atoms with Crippen LogP contribution in [0.25, 0.3) is 0 Å². The van der Waals surface area contributed by atoms with Crippen molar-refractivity contribution >= 4 is 0 Å². The molecule has 1 aromatic heterocycles. The molecule has 1 atom stereocenters. The molecule has 1 heterocycles. The third-order valence-corrected chi connectivity index (χ3v) is 2.70. The Bertz CT molecular complexity index is 282. The van der Waals surface area contributed by atoms with Gasteiger partial charge in [0.1, 0.15) is 5.76 Å². The number of likely N-dealkylation sites (N-methyl/N-ethyl adjacent to an activating group) is 1. The van der Waals surface area contributed by atoms with Crippen molar-refractivity contribution in [2.45, 2.75) is 26.4 Å². The van der Waals surface area contributed by atoms with E-state index in [0.717, 1.165) is 31.9 Å². The second-order valence-electron chi connectivity index (χ2n) is 3.94. The van der Waals surface area contributed by atoms with Gasteiger partial charge < -0.3 is 9.73 Å². The van der Waals surface area contributed by atoms with Crippen LogP contribution in [0, 0.1) is 0 Å². The number of furan rings is 1. The van der Waals surface area contributed by atoms with E-state index in [4.69, 9.17) is 4.42 Å². The van der Waals surface area contributed by atoms with E-state index in [-0.39, 0.29) is 0 Å². The Kier molecular flexibility index (Phi) is 5.90. The largest absolute Gasteiger partial charge is 0.468 e. The summed E-state index contributed by atoms with van der Waals surface area (Å²) in [6.07, 6.45) is 3.61. The zero-order valence-electron chi connectivity index (χ0n) is 10.3. The van der Waals surface area contributed by atoms with Crippen molar-refractivity contribution in [3.63, 3.8) is 0 Å². The molecule has 90 valence electrons. The van der Waals surface area contributed by atoms with Crippen LogP contribution in [0.1, 0.15) is 19.6 Å². The molecule has 1 N–H and O–H groups in total. The molecule has 0 aliphatic heterocycles. The molecule has 0 aliphatic carbocycles. The predicted octanol–water partition coefficient (Wildman–Crippen LogP) is 2.27. The van der Waals surface area contributed by atoms with Crippen molar-refractivity contribution in [2.75, 3.05) is 19.6 Å². The first-order chi connectivity index (χ1) is 7.77. The molecule has 0 spiro atoms. The minimum absolute atomic E-state index is 0.495. The average Bonchev–Trinajstić information content (AvgIpc) is 2.78. The number of hydrogen-bond acceptors (Lipinski definition) is 3. The molecule has 0 aliphatic rings. The number of hydrogen-bond donors (Lipinski definition) is 1. The Labute approximate surface area is 98.1 Å². The molecular weight excluding hydrogens is 200 g/mol. The van der Waals surface area contributed by atoms with E-state index in [1.165, 1.54) is 0 Å². The van der Waals surface area contributed by atoms with Crippen LogP contribution in [0.15, 0.2) is 35.5 Å². The molecule has 0 saturated heterocycles. The van der Waals surface area contributed by atoms with E-state index in [0.29, 0.717) is 6.04 Å². The smallest absolute Gasteiger partial charge is 0.117 e. The van der Waals surface area contributed by atoms with Gasteiger partial charge in [-0.3, -0.25) is 4.90 Å². The molecule has 16 heavy (non-hydrogen) atoms. The molecular formula is C13H22N2O. The number of nitrogens with zero attached hydrogens (tertiary/aromatic N) is 1. The second kappa shape index (κ2) is 7.25. The molecule has 1 unspecified atom stereocenters. The maximum atomic E-state index is 5.36. The van der Waals surface area contributed by atoms with Gasteiger partial charge in [0, 0.05) is 19.1 Å². The van der Waals surface area contributed by atoms with Crippen molar-refractivity contribution < 1.29 is 4.42 Å². The summed E-state index contributed by atoms with van der Waals surface area (Å²) in [4.78, 5) is 2.38. The predicted molar refractivity (Wildman–Crippen MR) is 67.3 cm³/mol. The minimum atomic E-state index is 0.495. The fraction of sp³-hybridized carbons (Fsp3) is 0.538. The number of nitrogens with one attached hydrogen (secondary N) is 1. The minimum Gasteiger partial charge on any atom is -0.468 e. The summed E-state index contributed by atoms with van der Waals surface area (Å²) in [7, 11) is 0. The third-order valence-electron chi connectivity index (χ3n) is 2.70. The monoisotopic (exact) mass is 222 g/mol. The summed E-state index contributed by atoms with van der Waals surface area (Å²) in [5.74, 6) is 1.03. The lowest BCUT2D eigenvalue weighted by Crippen LogP contribution is -2.39. The Morgan fingerprint density at radius 1 is 1.62 bits per heavy atom. The van der Waals surface area contributed by atoms with Crippen molar-refractivity contribution in [1.82, 2.24) is 10.2 Å².